The molecule has 154 valence electrons. The number of anilines is 1. The third-order valence-electron chi connectivity index (χ3n) is 4.85. The molecule has 0 bridgehead atoms. The predicted molar refractivity (Wildman–Crippen MR) is 115 cm³/mol. The molecule has 1 aliphatic heterocycles. The normalized spacial score (nSPS) is 15.8. The molecule has 1 fully saturated rings. The number of likely N-dealkylation sites (tertiary alicyclic amines) is 1. The average molecular weight is 443 g/mol. The molecule has 2 aromatic carbocycles. The Morgan fingerprint density at radius 2 is 2.00 bits per heavy atom. The van der Waals surface area contributed by atoms with Gasteiger partial charge in [-0.15, -0.1) is 10.2 Å². The topological polar surface area (TPSA) is 84.4 Å². The van der Waals surface area contributed by atoms with Crippen LogP contribution >= 0.6 is 22.9 Å². The lowest BCUT2D eigenvalue weighted by atomic mass is 10.1. The molecule has 0 saturated carbocycles. The molecule has 2 heterocycles. The Morgan fingerprint density at radius 1 is 1.20 bits per heavy atom. The summed E-state index contributed by atoms with van der Waals surface area (Å²) < 4.78 is 5.22. The van der Waals surface area contributed by atoms with E-state index in [4.69, 9.17) is 16.3 Å². The first-order valence-electron chi connectivity index (χ1n) is 9.40. The van der Waals surface area contributed by atoms with Gasteiger partial charge in [-0.25, -0.2) is 0 Å². The van der Waals surface area contributed by atoms with Crippen LogP contribution in [0.4, 0.5) is 5.69 Å². The fraction of sp³-hybridized carbons (Fsp3) is 0.238. The maximum absolute atomic E-state index is 13.0. The second-order valence-corrected chi connectivity index (χ2v) is 8.24. The van der Waals surface area contributed by atoms with Crippen molar-refractivity contribution in [3.8, 4) is 5.75 Å². The van der Waals surface area contributed by atoms with E-state index >= 15 is 0 Å². The first kappa shape index (κ1) is 20.3. The van der Waals surface area contributed by atoms with E-state index in [2.05, 4.69) is 15.5 Å². The van der Waals surface area contributed by atoms with Crippen molar-refractivity contribution in [2.75, 3.05) is 19.0 Å². The number of amides is 2. The first-order chi connectivity index (χ1) is 14.5. The van der Waals surface area contributed by atoms with Crippen LogP contribution in [0.1, 0.15) is 44.1 Å². The quantitative estimate of drug-likeness (QED) is 0.631. The maximum Gasteiger partial charge on any atom is 0.286 e. The maximum atomic E-state index is 13.0. The van der Waals surface area contributed by atoms with Crippen LogP contribution in [0.25, 0.3) is 0 Å². The van der Waals surface area contributed by atoms with Gasteiger partial charge >= 0.3 is 0 Å². The SMILES string of the molecule is COc1cccc(C(=O)N2CCC[C@@H]2c2nnc(C(=O)Nc3ccc(Cl)cc3)s2)c1. The van der Waals surface area contributed by atoms with Crippen molar-refractivity contribution in [3.63, 3.8) is 0 Å². The summed E-state index contributed by atoms with van der Waals surface area (Å²) in [6, 6.07) is 13.7. The third kappa shape index (κ3) is 4.29. The van der Waals surface area contributed by atoms with Gasteiger partial charge in [-0.05, 0) is 55.3 Å². The van der Waals surface area contributed by atoms with Gasteiger partial charge in [0, 0.05) is 22.8 Å². The first-order valence-corrected chi connectivity index (χ1v) is 10.6. The van der Waals surface area contributed by atoms with Crippen LogP contribution in [0.5, 0.6) is 5.75 Å². The van der Waals surface area contributed by atoms with Gasteiger partial charge in [0.1, 0.15) is 10.8 Å². The van der Waals surface area contributed by atoms with Gasteiger partial charge in [-0.1, -0.05) is 29.0 Å². The molecule has 1 aromatic heterocycles. The number of hydrogen-bond acceptors (Lipinski definition) is 6. The van der Waals surface area contributed by atoms with Crippen molar-refractivity contribution in [3.05, 3.63) is 69.1 Å². The van der Waals surface area contributed by atoms with E-state index in [-0.39, 0.29) is 22.9 Å². The van der Waals surface area contributed by atoms with Crippen molar-refractivity contribution >= 4 is 40.4 Å². The Bertz CT molecular complexity index is 1070. The molecule has 1 N–H and O–H groups in total. The number of carbonyl (C=O) groups is 2. The Kier molecular flexibility index (Phi) is 5.96. The lowest BCUT2D eigenvalue weighted by Gasteiger charge is -2.23. The minimum atomic E-state index is -0.343. The van der Waals surface area contributed by atoms with Gasteiger partial charge in [0.15, 0.2) is 0 Å². The van der Waals surface area contributed by atoms with Crippen molar-refractivity contribution in [1.29, 1.82) is 0 Å². The lowest BCUT2D eigenvalue weighted by molar-refractivity contribution is 0.0734. The van der Waals surface area contributed by atoms with Gasteiger partial charge < -0.3 is 15.0 Å². The minimum absolute atomic E-state index is 0.0845. The monoisotopic (exact) mass is 442 g/mol. The Morgan fingerprint density at radius 3 is 2.77 bits per heavy atom. The highest BCUT2D eigenvalue weighted by atomic mass is 35.5. The zero-order valence-corrected chi connectivity index (χ0v) is 17.7. The van der Waals surface area contributed by atoms with Crippen molar-refractivity contribution in [2.24, 2.45) is 0 Å². The number of benzene rings is 2. The smallest absolute Gasteiger partial charge is 0.286 e. The number of halogens is 1. The molecule has 3 aromatic rings. The number of hydrogen-bond donors (Lipinski definition) is 1. The fourth-order valence-electron chi connectivity index (χ4n) is 3.37. The van der Waals surface area contributed by atoms with Gasteiger partial charge in [-0.2, -0.15) is 0 Å². The molecule has 4 rings (SSSR count). The van der Waals surface area contributed by atoms with Gasteiger partial charge in [0.2, 0.25) is 5.01 Å². The van der Waals surface area contributed by atoms with Crippen LogP contribution in [0.15, 0.2) is 48.5 Å². The van der Waals surface area contributed by atoms with Crippen molar-refractivity contribution in [1.82, 2.24) is 15.1 Å². The molecule has 7 nitrogen and oxygen atoms in total. The number of rotatable bonds is 5. The largest absolute Gasteiger partial charge is 0.497 e. The van der Waals surface area contributed by atoms with Gasteiger partial charge in [0.05, 0.1) is 13.2 Å². The molecule has 30 heavy (non-hydrogen) atoms. The standard InChI is InChI=1S/C21H19ClN4O3S/c1-29-16-5-2-4-13(12-16)21(28)26-11-3-6-17(26)19-24-25-20(30-19)18(27)23-15-9-7-14(22)8-10-15/h2,4-5,7-10,12,17H,3,6,11H2,1H3,(H,23,27)/t17-/m1/s1. The molecule has 0 radical (unpaired) electrons. The highest BCUT2D eigenvalue weighted by Gasteiger charge is 2.33. The van der Waals surface area contributed by atoms with E-state index in [0.717, 1.165) is 12.8 Å². The molecule has 0 unspecified atom stereocenters. The van der Waals surface area contributed by atoms with Crippen LogP contribution in [0.2, 0.25) is 5.02 Å². The van der Waals surface area contributed by atoms with Crippen molar-refractivity contribution < 1.29 is 14.3 Å². The molecule has 9 heteroatoms. The summed E-state index contributed by atoms with van der Waals surface area (Å²) >= 11 is 7.08. The summed E-state index contributed by atoms with van der Waals surface area (Å²) in [5.74, 6) is 0.206. The highest BCUT2D eigenvalue weighted by Crippen LogP contribution is 2.35. The number of carbonyl (C=O) groups excluding carboxylic acids is 2. The predicted octanol–water partition coefficient (Wildman–Crippen LogP) is 4.43. The zero-order valence-electron chi connectivity index (χ0n) is 16.2. The molecular weight excluding hydrogens is 424 g/mol. The summed E-state index contributed by atoms with van der Waals surface area (Å²) in [5, 5.41) is 12.5. The minimum Gasteiger partial charge on any atom is -0.497 e. The molecule has 2 amide bonds. The average Bonchev–Trinajstić information content (AvgIpc) is 3.44. The van der Waals surface area contributed by atoms with Crippen LogP contribution < -0.4 is 10.1 Å². The molecular formula is C21H19ClN4O3S. The van der Waals surface area contributed by atoms with E-state index < -0.39 is 0 Å². The van der Waals surface area contributed by atoms with Crippen LogP contribution in [0, 0.1) is 0 Å². The van der Waals surface area contributed by atoms with Crippen molar-refractivity contribution in [2.45, 2.75) is 18.9 Å². The summed E-state index contributed by atoms with van der Waals surface area (Å²) in [7, 11) is 1.57. The zero-order chi connectivity index (χ0) is 21.1. The van der Waals surface area contributed by atoms with Gasteiger partial charge in [-0.3, -0.25) is 9.59 Å². The third-order valence-corrected chi connectivity index (χ3v) is 6.13. The van der Waals surface area contributed by atoms with E-state index in [1.54, 1.807) is 60.5 Å². The van der Waals surface area contributed by atoms with E-state index in [0.29, 0.717) is 33.6 Å². The molecule has 1 atom stereocenters. The Balaban J connectivity index is 1.49. The Labute approximate surface area is 182 Å². The fourth-order valence-corrected chi connectivity index (χ4v) is 4.38. The molecule has 0 spiro atoms. The highest BCUT2D eigenvalue weighted by molar-refractivity contribution is 7.13. The summed E-state index contributed by atoms with van der Waals surface area (Å²) in [6.07, 6.45) is 1.65. The van der Waals surface area contributed by atoms with E-state index in [9.17, 15) is 9.59 Å². The summed E-state index contributed by atoms with van der Waals surface area (Å²) in [6.45, 7) is 0.632. The number of nitrogens with one attached hydrogen (secondary N) is 1. The van der Waals surface area contributed by atoms with E-state index in [1.165, 1.54) is 11.3 Å². The number of methoxy groups -OCH3 is 1. The van der Waals surface area contributed by atoms with E-state index in [1.807, 2.05) is 0 Å². The second-order valence-electron chi connectivity index (χ2n) is 6.79. The molecule has 1 aliphatic rings. The summed E-state index contributed by atoms with van der Waals surface area (Å²) in [4.78, 5) is 27.3. The second kappa shape index (κ2) is 8.81. The van der Waals surface area contributed by atoms with Crippen LogP contribution in [-0.2, 0) is 0 Å². The van der Waals surface area contributed by atoms with Crippen LogP contribution in [-0.4, -0.2) is 40.6 Å². The number of nitrogens with zero attached hydrogens (tertiary/aromatic N) is 3. The lowest BCUT2D eigenvalue weighted by Crippen LogP contribution is -2.30. The number of aromatic nitrogens is 2. The molecule has 0 aliphatic carbocycles. The Hall–Kier alpha value is -2.97. The van der Waals surface area contributed by atoms with Gasteiger partial charge in [0.25, 0.3) is 11.8 Å². The van der Waals surface area contributed by atoms with Crippen LogP contribution in [0.3, 0.4) is 0 Å². The molecule has 1 saturated heterocycles. The summed E-state index contributed by atoms with van der Waals surface area (Å²) in [5.41, 5.74) is 1.18. The number of ether oxygens (including phenoxy) is 1.